The Morgan fingerprint density at radius 2 is 2.45 bits per heavy atom. The van der Waals surface area contributed by atoms with Crippen LogP contribution in [0.25, 0.3) is 0 Å². The van der Waals surface area contributed by atoms with E-state index in [4.69, 9.17) is 0 Å². The normalized spacial score (nSPS) is 9.91. The molecule has 1 aromatic rings. The zero-order chi connectivity index (χ0) is 8.10. The number of hydrogen-bond donors (Lipinski definition) is 0. The first-order valence-electron chi connectivity index (χ1n) is 3.49. The SMILES string of the molecule is O=CCCCc1csc(Br)c1. The highest BCUT2D eigenvalue weighted by atomic mass is 79.9. The fraction of sp³-hybridized carbons (Fsp3) is 0.375. The van der Waals surface area contributed by atoms with Crippen LogP contribution in [0, 0.1) is 0 Å². The lowest BCUT2D eigenvalue weighted by Crippen LogP contribution is -1.81. The molecule has 0 aliphatic heterocycles. The molecule has 0 amide bonds. The van der Waals surface area contributed by atoms with E-state index in [2.05, 4.69) is 27.4 Å². The smallest absolute Gasteiger partial charge is 0.120 e. The van der Waals surface area contributed by atoms with Crippen molar-refractivity contribution >= 4 is 33.6 Å². The van der Waals surface area contributed by atoms with Gasteiger partial charge in [0.2, 0.25) is 0 Å². The number of aryl methyl sites for hydroxylation is 1. The molecule has 0 aliphatic carbocycles. The van der Waals surface area contributed by atoms with Crippen molar-refractivity contribution in [1.29, 1.82) is 0 Å². The van der Waals surface area contributed by atoms with E-state index in [0.29, 0.717) is 6.42 Å². The molecule has 0 atom stereocenters. The predicted octanol–water partition coefficient (Wildman–Crippen LogP) is 3.03. The van der Waals surface area contributed by atoms with E-state index in [0.717, 1.165) is 19.1 Å². The molecule has 0 unspecified atom stereocenters. The largest absolute Gasteiger partial charge is 0.303 e. The van der Waals surface area contributed by atoms with Crippen LogP contribution in [0.5, 0.6) is 0 Å². The van der Waals surface area contributed by atoms with Crippen LogP contribution in [0.2, 0.25) is 0 Å². The number of unbranched alkanes of at least 4 members (excludes halogenated alkanes) is 1. The number of aldehydes is 1. The number of rotatable bonds is 4. The summed E-state index contributed by atoms with van der Waals surface area (Å²) in [7, 11) is 0. The van der Waals surface area contributed by atoms with Gasteiger partial charge in [0.15, 0.2) is 0 Å². The summed E-state index contributed by atoms with van der Waals surface area (Å²) in [5, 5.41) is 2.12. The number of carbonyl (C=O) groups is 1. The van der Waals surface area contributed by atoms with Crippen LogP contribution < -0.4 is 0 Å². The maximum Gasteiger partial charge on any atom is 0.120 e. The van der Waals surface area contributed by atoms with Gasteiger partial charge in [-0.1, -0.05) is 0 Å². The van der Waals surface area contributed by atoms with Gasteiger partial charge in [0.05, 0.1) is 3.79 Å². The van der Waals surface area contributed by atoms with Crippen LogP contribution in [0.3, 0.4) is 0 Å². The molecule has 60 valence electrons. The summed E-state index contributed by atoms with van der Waals surface area (Å²) in [6.45, 7) is 0. The Bertz CT molecular complexity index is 232. The number of halogens is 1. The Hall–Kier alpha value is -0.150. The van der Waals surface area contributed by atoms with Gasteiger partial charge in [-0.05, 0) is 45.8 Å². The summed E-state index contributed by atoms with van der Waals surface area (Å²) in [6.07, 6.45) is 3.63. The lowest BCUT2D eigenvalue weighted by molar-refractivity contribution is -0.107. The first-order valence-corrected chi connectivity index (χ1v) is 5.16. The predicted molar refractivity (Wildman–Crippen MR) is 51.0 cm³/mol. The molecule has 0 fully saturated rings. The summed E-state index contributed by atoms with van der Waals surface area (Å²) in [5.74, 6) is 0. The first-order chi connectivity index (χ1) is 5.33. The van der Waals surface area contributed by atoms with Gasteiger partial charge in [0.25, 0.3) is 0 Å². The van der Waals surface area contributed by atoms with Crippen molar-refractivity contribution in [3.05, 3.63) is 20.8 Å². The molecule has 1 heterocycles. The molecule has 1 rings (SSSR count). The van der Waals surface area contributed by atoms with Gasteiger partial charge in [0, 0.05) is 6.42 Å². The second kappa shape index (κ2) is 4.67. The van der Waals surface area contributed by atoms with Crippen molar-refractivity contribution < 1.29 is 4.79 Å². The van der Waals surface area contributed by atoms with Crippen molar-refractivity contribution in [1.82, 2.24) is 0 Å². The lowest BCUT2D eigenvalue weighted by Gasteiger charge is -1.90. The molecule has 0 aromatic carbocycles. The molecule has 0 N–H and O–H groups in total. The highest BCUT2D eigenvalue weighted by Crippen LogP contribution is 2.21. The highest BCUT2D eigenvalue weighted by molar-refractivity contribution is 9.11. The van der Waals surface area contributed by atoms with Gasteiger partial charge in [-0.25, -0.2) is 0 Å². The summed E-state index contributed by atoms with van der Waals surface area (Å²) in [4.78, 5) is 9.99. The molecule has 0 radical (unpaired) electrons. The highest BCUT2D eigenvalue weighted by Gasteiger charge is 1.95. The fourth-order valence-electron chi connectivity index (χ4n) is 0.866. The Morgan fingerprint density at radius 3 is 3.00 bits per heavy atom. The van der Waals surface area contributed by atoms with E-state index < -0.39 is 0 Å². The van der Waals surface area contributed by atoms with Gasteiger partial charge in [-0.15, -0.1) is 11.3 Å². The third-order valence-corrected chi connectivity index (χ3v) is 2.96. The molecule has 0 aliphatic rings. The van der Waals surface area contributed by atoms with Crippen molar-refractivity contribution in [2.45, 2.75) is 19.3 Å². The maximum absolute atomic E-state index is 9.99. The molecule has 1 nitrogen and oxygen atoms in total. The van der Waals surface area contributed by atoms with Crippen molar-refractivity contribution in [3.8, 4) is 0 Å². The molecule has 11 heavy (non-hydrogen) atoms. The minimum Gasteiger partial charge on any atom is -0.303 e. The third kappa shape index (κ3) is 3.16. The second-order valence-corrected chi connectivity index (χ2v) is 4.61. The zero-order valence-corrected chi connectivity index (χ0v) is 8.45. The average Bonchev–Trinajstić information content (AvgIpc) is 2.37. The Balaban J connectivity index is 2.32. The van der Waals surface area contributed by atoms with Gasteiger partial charge >= 0.3 is 0 Å². The van der Waals surface area contributed by atoms with Crippen molar-refractivity contribution in [2.75, 3.05) is 0 Å². The zero-order valence-electron chi connectivity index (χ0n) is 6.05. The third-order valence-electron chi connectivity index (χ3n) is 1.41. The second-order valence-electron chi connectivity index (χ2n) is 2.32. The Kier molecular flexibility index (Phi) is 3.80. The monoisotopic (exact) mass is 232 g/mol. The van der Waals surface area contributed by atoms with E-state index >= 15 is 0 Å². The topological polar surface area (TPSA) is 17.1 Å². The molecular weight excluding hydrogens is 224 g/mol. The maximum atomic E-state index is 9.99. The van der Waals surface area contributed by atoms with E-state index in [1.54, 1.807) is 11.3 Å². The standard InChI is InChI=1S/C8H9BrOS/c9-8-5-7(6-11-8)3-1-2-4-10/h4-6H,1-3H2. The van der Waals surface area contributed by atoms with E-state index in [1.165, 1.54) is 9.35 Å². The van der Waals surface area contributed by atoms with Crippen LogP contribution in [0.4, 0.5) is 0 Å². The molecule has 0 saturated carbocycles. The van der Waals surface area contributed by atoms with Gasteiger partial charge < -0.3 is 4.79 Å². The van der Waals surface area contributed by atoms with Crippen LogP contribution >= 0.6 is 27.3 Å². The fourth-order valence-corrected chi connectivity index (χ4v) is 2.11. The summed E-state index contributed by atoms with van der Waals surface area (Å²) >= 11 is 5.08. The van der Waals surface area contributed by atoms with Crippen LogP contribution in [-0.4, -0.2) is 6.29 Å². The molecular formula is C8H9BrOS. The number of hydrogen-bond acceptors (Lipinski definition) is 2. The quantitative estimate of drug-likeness (QED) is 0.577. The van der Waals surface area contributed by atoms with Crippen LogP contribution in [0.1, 0.15) is 18.4 Å². The molecule has 0 saturated heterocycles. The van der Waals surface area contributed by atoms with E-state index in [1.807, 2.05) is 0 Å². The lowest BCUT2D eigenvalue weighted by atomic mass is 10.2. The summed E-state index contributed by atoms with van der Waals surface area (Å²) in [6, 6.07) is 2.11. The summed E-state index contributed by atoms with van der Waals surface area (Å²) in [5.41, 5.74) is 1.32. The average molecular weight is 233 g/mol. The van der Waals surface area contributed by atoms with Crippen molar-refractivity contribution in [2.24, 2.45) is 0 Å². The Labute approximate surface area is 78.6 Å². The molecule has 3 heteroatoms. The minimum absolute atomic E-state index is 0.674. The summed E-state index contributed by atoms with van der Waals surface area (Å²) < 4.78 is 1.17. The van der Waals surface area contributed by atoms with Gasteiger partial charge in [-0.3, -0.25) is 0 Å². The number of carbonyl (C=O) groups excluding carboxylic acids is 1. The van der Waals surface area contributed by atoms with Crippen LogP contribution in [-0.2, 0) is 11.2 Å². The van der Waals surface area contributed by atoms with E-state index in [9.17, 15) is 4.79 Å². The van der Waals surface area contributed by atoms with Crippen molar-refractivity contribution in [3.63, 3.8) is 0 Å². The first kappa shape index (κ1) is 8.94. The molecule has 0 spiro atoms. The van der Waals surface area contributed by atoms with Crippen LogP contribution in [0.15, 0.2) is 15.2 Å². The minimum atomic E-state index is 0.674. The van der Waals surface area contributed by atoms with E-state index in [-0.39, 0.29) is 0 Å². The van der Waals surface area contributed by atoms with Gasteiger partial charge in [0.1, 0.15) is 6.29 Å². The molecule has 1 aromatic heterocycles. The number of thiophene rings is 1. The van der Waals surface area contributed by atoms with Gasteiger partial charge in [-0.2, -0.15) is 0 Å². The Morgan fingerprint density at radius 1 is 1.64 bits per heavy atom. The molecule has 0 bridgehead atoms.